The van der Waals surface area contributed by atoms with Crippen LogP contribution in [0, 0.1) is 12.3 Å². The number of rotatable bonds is 5. The van der Waals surface area contributed by atoms with Gasteiger partial charge in [0.15, 0.2) is 0 Å². The molecule has 2 aromatic carbocycles. The smallest absolute Gasteiger partial charge is 0.145 e. The van der Waals surface area contributed by atoms with Crippen molar-refractivity contribution < 1.29 is 9.47 Å². The normalized spacial score (nSPS) is 17.4. The molecule has 0 bridgehead atoms. The molecule has 5 rings (SSSR count). The Labute approximate surface area is 178 Å². The topological polar surface area (TPSA) is 34.6 Å². The molecule has 2 fully saturated rings. The summed E-state index contributed by atoms with van der Waals surface area (Å²) < 4.78 is 11.4. The van der Waals surface area contributed by atoms with Gasteiger partial charge in [0.05, 0.1) is 24.8 Å². The van der Waals surface area contributed by atoms with Gasteiger partial charge >= 0.3 is 0 Å². The molecule has 0 N–H and O–H groups in total. The molecule has 0 unspecified atom stereocenters. The van der Waals surface area contributed by atoms with E-state index in [1.54, 1.807) is 0 Å². The van der Waals surface area contributed by atoms with Crippen molar-refractivity contribution in [2.45, 2.75) is 26.2 Å². The van der Waals surface area contributed by atoms with Gasteiger partial charge in [-0.1, -0.05) is 55.8 Å². The minimum atomic E-state index is -0.0600. The molecular weight excluding hydrogens is 372 g/mol. The lowest BCUT2D eigenvalue weighted by molar-refractivity contribution is -0.127. The van der Waals surface area contributed by atoms with Crippen molar-refractivity contribution in [1.29, 1.82) is 0 Å². The number of hydrogen-bond acceptors (Lipinski definition) is 4. The van der Waals surface area contributed by atoms with E-state index in [1.807, 2.05) is 30.5 Å². The van der Waals surface area contributed by atoms with Crippen LogP contribution < -0.4 is 9.64 Å². The monoisotopic (exact) mass is 400 g/mol. The molecule has 0 aliphatic carbocycles. The van der Waals surface area contributed by atoms with E-state index in [0.29, 0.717) is 5.41 Å². The van der Waals surface area contributed by atoms with Crippen LogP contribution in [-0.2, 0) is 10.2 Å². The van der Waals surface area contributed by atoms with Gasteiger partial charge in [-0.2, -0.15) is 0 Å². The second-order valence-corrected chi connectivity index (χ2v) is 9.32. The first-order chi connectivity index (χ1) is 14.4. The maximum atomic E-state index is 6.03. The molecule has 2 aliphatic rings. The lowest BCUT2D eigenvalue weighted by Gasteiger charge is -2.55. The molecule has 2 aliphatic heterocycles. The zero-order valence-corrected chi connectivity index (χ0v) is 17.9. The lowest BCUT2D eigenvalue weighted by Crippen LogP contribution is -2.66. The molecule has 0 radical (unpaired) electrons. The molecule has 154 valence electrons. The fourth-order valence-electron chi connectivity index (χ4n) is 4.33. The quantitative estimate of drug-likeness (QED) is 0.579. The number of anilines is 1. The molecule has 30 heavy (non-hydrogen) atoms. The van der Waals surface area contributed by atoms with Crippen LogP contribution in [0.15, 0.2) is 66.9 Å². The molecular formula is C26H28N2O2. The average Bonchev–Trinajstić information content (AvgIpc) is 2.68. The summed E-state index contributed by atoms with van der Waals surface area (Å²) in [5.41, 5.74) is 4.19. The first-order valence-corrected chi connectivity index (χ1v) is 10.6. The SMILES string of the molecule is Cc1ccc(C(C)(C)c2ccc(Oc3ccc(N4CC5(COC5)C4)nc3)cc2)cc1. The van der Waals surface area contributed by atoms with E-state index in [9.17, 15) is 0 Å². The predicted octanol–water partition coefficient (Wildman–Crippen LogP) is 5.34. The summed E-state index contributed by atoms with van der Waals surface area (Å²) in [6, 6.07) is 21.2. The van der Waals surface area contributed by atoms with Crippen LogP contribution in [0.2, 0.25) is 0 Å². The summed E-state index contributed by atoms with van der Waals surface area (Å²) in [6.45, 7) is 10.5. The van der Waals surface area contributed by atoms with Crippen LogP contribution in [0.5, 0.6) is 11.5 Å². The molecule has 4 nitrogen and oxygen atoms in total. The van der Waals surface area contributed by atoms with Crippen LogP contribution in [0.25, 0.3) is 0 Å². The first-order valence-electron chi connectivity index (χ1n) is 10.6. The fraction of sp³-hybridized carbons (Fsp3) is 0.346. The number of hydrogen-bond donors (Lipinski definition) is 0. The van der Waals surface area contributed by atoms with E-state index >= 15 is 0 Å². The third-order valence-corrected chi connectivity index (χ3v) is 6.50. The van der Waals surface area contributed by atoms with Crippen LogP contribution >= 0.6 is 0 Å². The third kappa shape index (κ3) is 3.46. The van der Waals surface area contributed by atoms with Gasteiger partial charge in [0, 0.05) is 18.5 Å². The standard InChI is InChI=1S/C26H28N2O2/c1-19-4-6-20(7-5-19)25(2,3)21-8-10-22(11-9-21)30-23-12-13-24(27-14-23)28-15-26(16-28)17-29-18-26/h4-14H,15-18H2,1-3H3. The third-order valence-electron chi connectivity index (χ3n) is 6.50. The highest BCUT2D eigenvalue weighted by Gasteiger charge is 2.49. The Morgan fingerprint density at radius 2 is 1.47 bits per heavy atom. The van der Waals surface area contributed by atoms with E-state index in [2.05, 4.69) is 67.1 Å². The summed E-state index contributed by atoms with van der Waals surface area (Å²) in [7, 11) is 0. The lowest BCUT2D eigenvalue weighted by atomic mass is 9.78. The zero-order valence-electron chi connectivity index (χ0n) is 17.9. The Morgan fingerprint density at radius 3 is 2.00 bits per heavy atom. The van der Waals surface area contributed by atoms with Gasteiger partial charge in [-0.3, -0.25) is 0 Å². The highest BCUT2D eigenvalue weighted by Crippen LogP contribution is 2.40. The number of aryl methyl sites for hydroxylation is 1. The highest BCUT2D eigenvalue weighted by atomic mass is 16.5. The summed E-state index contributed by atoms with van der Waals surface area (Å²) in [5, 5.41) is 0. The Hall–Kier alpha value is -2.85. The maximum absolute atomic E-state index is 6.03. The molecule has 3 heterocycles. The van der Waals surface area contributed by atoms with Crippen LogP contribution in [0.4, 0.5) is 5.82 Å². The van der Waals surface area contributed by atoms with Crippen molar-refractivity contribution in [1.82, 2.24) is 4.98 Å². The summed E-state index contributed by atoms with van der Waals surface area (Å²) in [4.78, 5) is 6.88. The summed E-state index contributed by atoms with van der Waals surface area (Å²) >= 11 is 0. The van der Waals surface area contributed by atoms with E-state index in [-0.39, 0.29) is 5.41 Å². The van der Waals surface area contributed by atoms with Gasteiger partial charge in [-0.15, -0.1) is 0 Å². The Balaban J connectivity index is 1.24. The summed E-state index contributed by atoms with van der Waals surface area (Å²) in [6.07, 6.45) is 1.81. The summed E-state index contributed by atoms with van der Waals surface area (Å²) in [5.74, 6) is 2.59. The largest absolute Gasteiger partial charge is 0.456 e. The van der Waals surface area contributed by atoms with E-state index < -0.39 is 0 Å². The van der Waals surface area contributed by atoms with E-state index in [1.165, 1.54) is 16.7 Å². The van der Waals surface area contributed by atoms with Crippen molar-refractivity contribution in [2.75, 3.05) is 31.2 Å². The van der Waals surface area contributed by atoms with Crippen molar-refractivity contribution in [3.63, 3.8) is 0 Å². The van der Waals surface area contributed by atoms with Gasteiger partial charge in [0.25, 0.3) is 0 Å². The van der Waals surface area contributed by atoms with Crippen molar-refractivity contribution in [2.24, 2.45) is 5.41 Å². The van der Waals surface area contributed by atoms with Gasteiger partial charge < -0.3 is 14.4 Å². The minimum absolute atomic E-state index is 0.0600. The maximum Gasteiger partial charge on any atom is 0.145 e. The second kappa shape index (κ2) is 7.13. The predicted molar refractivity (Wildman–Crippen MR) is 120 cm³/mol. The minimum Gasteiger partial charge on any atom is -0.456 e. The molecule has 1 aromatic heterocycles. The van der Waals surface area contributed by atoms with Gasteiger partial charge in [-0.05, 0) is 42.3 Å². The Kier molecular flexibility index (Phi) is 4.55. The van der Waals surface area contributed by atoms with Crippen molar-refractivity contribution in [3.05, 3.63) is 83.6 Å². The molecule has 2 saturated heterocycles. The van der Waals surface area contributed by atoms with Crippen LogP contribution in [-0.4, -0.2) is 31.3 Å². The van der Waals surface area contributed by atoms with Crippen molar-refractivity contribution >= 4 is 5.82 Å². The van der Waals surface area contributed by atoms with Crippen molar-refractivity contribution in [3.8, 4) is 11.5 Å². The fourth-order valence-corrected chi connectivity index (χ4v) is 4.33. The molecule has 0 atom stereocenters. The molecule has 3 aromatic rings. The van der Waals surface area contributed by atoms with Crippen LogP contribution in [0.1, 0.15) is 30.5 Å². The molecule has 0 saturated carbocycles. The number of aromatic nitrogens is 1. The molecule has 4 heteroatoms. The molecule has 1 spiro atoms. The van der Waals surface area contributed by atoms with Gasteiger partial charge in [-0.25, -0.2) is 4.98 Å². The molecule has 0 amide bonds. The first kappa shape index (κ1) is 19.1. The van der Waals surface area contributed by atoms with Crippen LogP contribution in [0.3, 0.4) is 0 Å². The van der Waals surface area contributed by atoms with E-state index in [0.717, 1.165) is 43.6 Å². The highest BCUT2D eigenvalue weighted by molar-refractivity contribution is 5.46. The number of benzene rings is 2. The Bertz CT molecular complexity index is 1010. The average molecular weight is 401 g/mol. The number of ether oxygens (including phenoxy) is 2. The Morgan fingerprint density at radius 1 is 0.867 bits per heavy atom. The number of pyridine rings is 1. The number of nitrogens with zero attached hydrogens (tertiary/aromatic N) is 2. The zero-order chi connectivity index (χ0) is 20.8. The second-order valence-electron chi connectivity index (χ2n) is 9.32. The van der Waals surface area contributed by atoms with Gasteiger partial charge in [0.2, 0.25) is 0 Å². The van der Waals surface area contributed by atoms with E-state index in [4.69, 9.17) is 9.47 Å². The van der Waals surface area contributed by atoms with Gasteiger partial charge in [0.1, 0.15) is 17.3 Å².